The van der Waals surface area contributed by atoms with Crippen LogP contribution in [-0.2, 0) is 4.74 Å². The maximum Gasteiger partial charge on any atom is 0.227 e. The van der Waals surface area contributed by atoms with E-state index in [0.29, 0.717) is 16.8 Å². The average molecular weight is 486 g/mol. The van der Waals surface area contributed by atoms with Crippen LogP contribution in [0, 0.1) is 17.8 Å². The SMILES string of the molecule is Cc1cc2cnc(Nc3ccc(N4CC5(CN(C)C5)C4)cc3)nc2c(N2CCC3(CCOCC3)C2)n1. The molecule has 1 aromatic carbocycles. The van der Waals surface area contributed by atoms with Crippen LogP contribution in [0.5, 0.6) is 0 Å². The molecule has 4 saturated heterocycles. The molecule has 0 saturated carbocycles. The lowest BCUT2D eigenvalue weighted by atomic mass is 9.73. The zero-order valence-electron chi connectivity index (χ0n) is 21.3. The minimum absolute atomic E-state index is 0.358. The highest BCUT2D eigenvalue weighted by molar-refractivity contribution is 5.89. The number of rotatable bonds is 4. The van der Waals surface area contributed by atoms with Crippen molar-refractivity contribution >= 4 is 34.0 Å². The smallest absolute Gasteiger partial charge is 0.227 e. The predicted molar refractivity (Wildman–Crippen MR) is 143 cm³/mol. The van der Waals surface area contributed by atoms with Crippen LogP contribution in [0.15, 0.2) is 36.5 Å². The molecule has 2 aromatic heterocycles. The predicted octanol–water partition coefficient (Wildman–Crippen LogP) is 3.84. The summed E-state index contributed by atoms with van der Waals surface area (Å²) in [5.74, 6) is 1.60. The molecule has 4 aliphatic rings. The van der Waals surface area contributed by atoms with Crippen LogP contribution < -0.4 is 15.1 Å². The van der Waals surface area contributed by atoms with Gasteiger partial charge >= 0.3 is 0 Å². The van der Waals surface area contributed by atoms with Crippen molar-refractivity contribution in [3.63, 3.8) is 0 Å². The first-order chi connectivity index (χ1) is 17.5. The summed E-state index contributed by atoms with van der Waals surface area (Å²) in [7, 11) is 2.21. The minimum atomic E-state index is 0.358. The van der Waals surface area contributed by atoms with Crippen LogP contribution in [0.1, 0.15) is 25.0 Å². The Bertz CT molecular complexity index is 1270. The van der Waals surface area contributed by atoms with Crippen molar-refractivity contribution in [1.29, 1.82) is 0 Å². The van der Waals surface area contributed by atoms with Crippen molar-refractivity contribution in [2.75, 3.05) is 74.6 Å². The second-order valence-electron chi connectivity index (χ2n) is 11.7. The number of benzene rings is 1. The molecule has 188 valence electrons. The Kier molecular flexibility index (Phi) is 5.12. The Balaban J connectivity index is 1.09. The summed E-state index contributed by atoms with van der Waals surface area (Å²) in [6.45, 7) is 10.6. The van der Waals surface area contributed by atoms with Gasteiger partial charge in [-0.3, -0.25) is 0 Å². The number of hydrogen-bond acceptors (Lipinski definition) is 8. The van der Waals surface area contributed by atoms with Crippen LogP contribution in [0.3, 0.4) is 0 Å². The quantitative estimate of drug-likeness (QED) is 0.598. The van der Waals surface area contributed by atoms with Gasteiger partial charge in [-0.2, -0.15) is 0 Å². The molecule has 0 bridgehead atoms. The van der Waals surface area contributed by atoms with Gasteiger partial charge in [0.25, 0.3) is 0 Å². The minimum Gasteiger partial charge on any atom is -0.381 e. The van der Waals surface area contributed by atoms with E-state index >= 15 is 0 Å². The zero-order valence-corrected chi connectivity index (χ0v) is 21.3. The van der Waals surface area contributed by atoms with Gasteiger partial charge in [-0.05, 0) is 69.0 Å². The van der Waals surface area contributed by atoms with Crippen LogP contribution in [-0.4, -0.2) is 79.4 Å². The third-order valence-electron chi connectivity index (χ3n) is 8.72. The van der Waals surface area contributed by atoms with Crippen molar-refractivity contribution in [2.45, 2.75) is 26.2 Å². The number of fused-ring (bicyclic) bond motifs is 1. The van der Waals surface area contributed by atoms with E-state index in [1.165, 1.54) is 25.2 Å². The first kappa shape index (κ1) is 22.2. The molecule has 4 aliphatic heterocycles. The van der Waals surface area contributed by atoms with E-state index in [-0.39, 0.29) is 0 Å². The highest BCUT2D eigenvalue weighted by atomic mass is 16.5. The van der Waals surface area contributed by atoms with E-state index in [2.05, 4.69) is 69.3 Å². The van der Waals surface area contributed by atoms with Crippen molar-refractivity contribution in [3.05, 3.63) is 42.2 Å². The second-order valence-corrected chi connectivity index (χ2v) is 11.7. The number of aromatic nitrogens is 3. The number of hydrogen-bond donors (Lipinski definition) is 1. The van der Waals surface area contributed by atoms with E-state index in [1.54, 1.807) is 0 Å². The van der Waals surface area contributed by atoms with E-state index < -0.39 is 0 Å². The van der Waals surface area contributed by atoms with Crippen LogP contribution in [0.4, 0.5) is 23.1 Å². The van der Waals surface area contributed by atoms with Gasteiger partial charge in [-0.15, -0.1) is 0 Å². The first-order valence-corrected chi connectivity index (χ1v) is 13.3. The fourth-order valence-electron chi connectivity index (χ4n) is 6.89. The van der Waals surface area contributed by atoms with Gasteiger partial charge < -0.3 is 24.8 Å². The van der Waals surface area contributed by atoms with Crippen molar-refractivity contribution in [3.8, 4) is 0 Å². The molecule has 7 rings (SSSR count). The number of nitrogens with zero attached hydrogens (tertiary/aromatic N) is 6. The summed E-state index contributed by atoms with van der Waals surface area (Å²) in [5.41, 5.74) is 5.12. The second kappa shape index (κ2) is 8.28. The van der Waals surface area contributed by atoms with E-state index in [4.69, 9.17) is 14.7 Å². The molecular formula is C28H35N7O. The molecule has 0 radical (unpaired) electrons. The normalized spacial score (nSPS) is 22.7. The average Bonchev–Trinajstić information content (AvgIpc) is 3.24. The van der Waals surface area contributed by atoms with Gasteiger partial charge in [0, 0.05) is 86.5 Å². The Labute approximate surface area is 212 Å². The van der Waals surface area contributed by atoms with Gasteiger partial charge in [0.05, 0.1) is 0 Å². The number of ether oxygens (including phenoxy) is 1. The lowest BCUT2D eigenvalue weighted by Gasteiger charge is -2.60. The van der Waals surface area contributed by atoms with E-state index in [0.717, 1.165) is 80.3 Å². The zero-order chi connectivity index (χ0) is 24.3. The first-order valence-electron chi connectivity index (χ1n) is 13.3. The summed E-state index contributed by atoms with van der Waals surface area (Å²) in [4.78, 5) is 21.8. The fraction of sp³-hybridized carbons (Fsp3) is 0.536. The van der Waals surface area contributed by atoms with Crippen molar-refractivity contribution in [2.24, 2.45) is 10.8 Å². The van der Waals surface area contributed by atoms with Crippen LogP contribution in [0.25, 0.3) is 10.9 Å². The highest BCUT2D eigenvalue weighted by Gasteiger charge is 2.50. The summed E-state index contributed by atoms with van der Waals surface area (Å²) in [6.07, 6.45) is 5.40. The Morgan fingerprint density at radius 3 is 2.39 bits per heavy atom. The molecular weight excluding hydrogens is 450 g/mol. The molecule has 36 heavy (non-hydrogen) atoms. The molecule has 3 aromatic rings. The maximum atomic E-state index is 5.64. The molecule has 2 spiro atoms. The molecule has 0 atom stereocenters. The summed E-state index contributed by atoms with van der Waals surface area (Å²) in [5, 5.41) is 4.46. The van der Waals surface area contributed by atoms with Crippen LogP contribution >= 0.6 is 0 Å². The Hall–Kier alpha value is -2.97. The lowest BCUT2D eigenvalue weighted by molar-refractivity contribution is -0.00238. The highest BCUT2D eigenvalue weighted by Crippen LogP contribution is 2.43. The topological polar surface area (TPSA) is 69.7 Å². The van der Waals surface area contributed by atoms with Gasteiger partial charge in [0.2, 0.25) is 5.95 Å². The van der Waals surface area contributed by atoms with E-state index in [1.807, 2.05) is 6.20 Å². The number of likely N-dealkylation sites (tertiary alicyclic amines) is 1. The molecule has 0 unspecified atom stereocenters. The molecule has 4 fully saturated rings. The fourth-order valence-corrected chi connectivity index (χ4v) is 6.89. The summed E-state index contributed by atoms with van der Waals surface area (Å²) in [6, 6.07) is 10.7. The molecule has 6 heterocycles. The Morgan fingerprint density at radius 1 is 0.889 bits per heavy atom. The molecule has 1 N–H and O–H groups in total. The standard InChI is InChI=1S/C28H35N7O/c1-20-13-21-14-29-26(31-22-3-5-23(6-4-22)35-18-28(19-35)15-33(2)16-28)32-24(21)25(30-20)34-10-7-27(17-34)8-11-36-12-9-27/h3-6,13-14H,7-12,15-19H2,1-2H3,(H,29,31,32). The van der Waals surface area contributed by atoms with Crippen molar-refractivity contribution in [1.82, 2.24) is 19.9 Å². The molecule has 8 nitrogen and oxygen atoms in total. The molecule has 8 heteroatoms. The lowest BCUT2D eigenvalue weighted by Crippen LogP contribution is -2.71. The maximum absolute atomic E-state index is 5.64. The van der Waals surface area contributed by atoms with Gasteiger partial charge in [0.15, 0.2) is 5.82 Å². The van der Waals surface area contributed by atoms with E-state index in [9.17, 15) is 0 Å². The molecule has 0 aliphatic carbocycles. The number of pyridine rings is 1. The van der Waals surface area contributed by atoms with Gasteiger partial charge in [0.1, 0.15) is 5.52 Å². The number of anilines is 4. The van der Waals surface area contributed by atoms with Gasteiger partial charge in [-0.1, -0.05) is 0 Å². The van der Waals surface area contributed by atoms with Crippen LogP contribution in [0.2, 0.25) is 0 Å². The molecule has 0 amide bonds. The third-order valence-corrected chi connectivity index (χ3v) is 8.72. The largest absolute Gasteiger partial charge is 0.381 e. The summed E-state index contributed by atoms with van der Waals surface area (Å²) >= 11 is 0. The van der Waals surface area contributed by atoms with Gasteiger partial charge in [-0.25, -0.2) is 15.0 Å². The Morgan fingerprint density at radius 2 is 1.64 bits per heavy atom. The van der Waals surface area contributed by atoms with Crippen molar-refractivity contribution < 1.29 is 4.74 Å². The number of nitrogens with one attached hydrogen (secondary N) is 1. The third kappa shape index (κ3) is 3.87. The summed E-state index contributed by atoms with van der Waals surface area (Å²) < 4.78 is 5.64. The number of aryl methyl sites for hydroxylation is 1. The monoisotopic (exact) mass is 485 g/mol.